The van der Waals surface area contributed by atoms with Gasteiger partial charge in [0.1, 0.15) is 18.7 Å². The summed E-state index contributed by atoms with van der Waals surface area (Å²) in [5, 5.41) is 9.64. The molecular weight excluding hydrogens is 444 g/mol. The summed E-state index contributed by atoms with van der Waals surface area (Å²) >= 11 is 0. The summed E-state index contributed by atoms with van der Waals surface area (Å²) in [7, 11) is 3.03. The SMILES string of the molecule is CC(C)C[C@@H](C(=O)N(C)[C@H](C(=O)O)C(C)C)N(C)C(=O)OCC1c2ccccc2-c2ccccc21. The number of carboxylic acids is 1. The van der Waals surface area contributed by atoms with Crippen LogP contribution in [-0.2, 0) is 14.3 Å². The van der Waals surface area contributed by atoms with E-state index in [1.807, 2.05) is 38.1 Å². The van der Waals surface area contributed by atoms with Crippen LogP contribution in [0.3, 0.4) is 0 Å². The molecule has 1 aliphatic carbocycles. The minimum atomic E-state index is -1.07. The summed E-state index contributed by atoms with van der Waals surface area (Å²) < 4.78 is 5.75. The summed E-state index contributed by atoms with van der Waals surface area (Å²) in [4.78, 5) is 40.8. The molecule has 0 radical (unpaired) electrons. The molecule has 2 aromatic rings. The van der Waals surface area contributed by atoms with Crippen molar-refractivity contribution in [3.8, 4) is 11.1 Å². The Labute approximate surface area is 207 Å². The van der Waals surface area contributed by atoms with Crippen LogP contribution in [0.15, 0.2) is 48.5 Å². The fourth-order valence-corrected chi connectivity index (χ4v) is 4.96. The molecule has 7 nitrogen and oxygen atoms in total. The number of carbonyl (C=O) groups excluding carboxylic acids is 2. The average molecular weight is 481 g/mol. The van der Waals surface area contributed by atoms with Crippen molar-refractivity contribution < 1.29 is 24.2 Å². The number of carbonyl (C=O) groups is 3. The van der Waals surface area contributed by atoms with Gasteiger partial charge in [-0.1, -0.05) is 76.2 Å². The Morgan fingerprint density at radius 2 is 1.40 bits per heavy atom. The molecule has 0 heterocycles. The molecule has 188 valence electrons. The van der Waals surface area contributed by atoms with Gasteiger partial charge >= 0.3 is 12.1 Å². The van der Waals surface area contributed by atoms with Gasteiger partial charge < -0.3 is 14.7 Å². The number of fused-ring (bicyclic) bond motifs is 3. The van der Waals surface area contributed by atoms with Gasteiger partial charge in [0, 0.05) is 20.0 Å². The second kappa shape index (κ2) is 10.9. The lowest BCUT2D eigenvalue weighted by atomic mass is 9.98. The summed E-state index contributed by atoms with van der Waals surface area (Å²) in [5.74, 6) is -1.72. The molecular formula is C28H36N2O5. The Hall–Kier alpha value is -3.35. The van der Waals surface area contributed by atoms with E-state index in [-0.39, 0.29) is 24.4 Å². The molecule has 1 aliphatic rings. The highest BCUT2D eigenvalue weighted by atomic mass is 16.6. The third-order valence-corrected chi connectivity index (χ3v) is 6.72. The van der Waals surface area contributed by atoms with E-state index in [9.17, 15) is 19.5 Å². The van der Waals surface area contributed by atoms with E-state index in [2.05, 4.69) is 24.3 Å². The summed E-state index contributed by atoms with van der Waals surface area (Å²) in [6.45, 7) is 7.59. The first kappa shape index (κ1) is 26.3. The average Bonchev–Trinajstić information content (AvgIpc) is 3.13. The van der Waals surface area contributed by atoms with E-state index in [0.29, 0.717) is 6.42 Å². The zero-order valence-corrected chi connectivity index (χ0v) is 21.4. The molecule has 2 atom stereocenters. The highest BCUT2D eigenvalue weighted by Crippen LogP contribution is 2.44. The Morgan fingerprint density at radius 1 is 0.886 bits per heavy atom. The molecule has 0 saturated carbocycles. The van der Waals surface area contributed by atoms with Gasteiger partial charge in [-0.3, -0.25) is 9.69 Å². The molecule has 35 heavy (non-hydrogen) atoms. The van der Waals surface area contributed by atoms with Gasteiger partial charge in [0.05, 0.1) is 0 Å². The molecule has 0 bridgehead atoms. The second-order valence-electron chi connectivity index (χ2n) is 10.0. The molecule has 3 rings (SSSR count). The van der Waals surface area contributed by atoms with Crippen LogP contribution in [0.4, 0.5) is 4.79 Å². The number of aliphatic carboxylic acids is 1. The second-order valence-corrected chi connectivity index (χ2v) is 10.0. The minimum absolute atomic E-state index is 0.0843. The van der Waals surface area contributed by atoms with E-state index >= 15 is 0 Å². The molecule has 1 N–H and O–H groups in total. The van der Waals surface area contributed by atoms with Crippen molar-refractivity contribution in [3.05, 3.63) is 59.7 Å². The normalized spacial score (nSPS) is 14.3. The van der Waals surface area contributed by atoms with Crippen LogP contribution in [0.2, 0.25) is 0 Å². The van der Waals surface area contributed by atoms with Crippen molar-refractivity contribution in [1.29, 1.82) is 0 Å². The largest absolute Gasteiger partial charge is 0.480 e. The molecule has 7 heteroatoms. The number of benzene rings is 2. The van der Waals surface area contributed by atoms with Gasteiger partial charge in [0.25, 0.3) is 0 Å². The Balaban J connectivity index is 1.77. The molecule has 0 aromatic heterocycles. The number of likely N-dealkylation sites (N-methyl/N-ethyl adjacent to an activating group) is 2. The quantitative estimate of drug-likeness (QED) is 0.554. The highest BCUT2D eigenvalue weighted by molar-refractivity contribution is 5.89. The lowest BCUT2D eigenvalue weighted by Crippen LogP contribution is -2.54. The maximum absolute atomic E-state index is 13.4. The summed E-state index contributed by atoms with van der Waals surface area (Å²) in [6, 6.07) is 14.4. The number of amides is 2. The topological polar surface area (TPSA) is 87.2 Å². The fraction of sp³-hybridized carbons (Fsp3) is 0.464. The van der Waals surface area contributed by atoms with Crippen LogP contribution in [0, 0.1) is 11.8 Å². The van der Waals surface area contributed by atoms with Gasteiger partial charge in [-0.25, -0.2) is 9.59 Å². The molecule has 0 spiro atoms. The summed E-state index contributed by atoms with van der Waals surface area (Å²) in [6.07, 6.45) is -0.204. The maximum Gasteiger partial charge on any atom is 0.410 e. The Morgan fingerprint density at radius 3 is 1.86 bits per heavy atom. The van der Waals surface area contributed by atoms with Gasteiger partial charge in [-0.05, 0) is 40.5 Å². The first-order valence-electron chi connectivity index (χ1n) is 12.1. The molecule has 0 aliphatic heterocycles. The molecule has 0 saturated heterocycles. The molecule has 0 fully saturated rings. The third-order valence-electron chi connectivity index (χ3n) is 6.72. The fourth-order valence-electron chi connectivity index (χ4n) is 4.96. The summed E-state index contributed by atoms with van der Waals surface area (Å²) in [5.41, 5.74) is 4.50. The Bertz CT molecular complexity index is 1040. The molecule has 2 aromatic carbocycles. The van der Waals surface area contributed by atoms with Crippen LogP contribution in [0.1, 0.15) is 51.2 Å². The van der Waals surface area contributed by atoms with Gasteiger partial charge in [0.2, 0.25) is 5.91 Å². The lowest BCUT2D eigenvalue weighted by molar-refractivity contribution is -0.153. The predicted molar refractivity (Wildman–Crippen MR) is 135 cm³/mol. The standard InChI is InChI=1S/C28H36N2O5/c1-17(2)15-24(26(31)30(6)25(18(3)4)27(32)33)29(5)28(34)35-16-23-21-13-9-7-11-19(21)20-12-8-10-14-22(20)23/h7-14,17-18,23-25H,15-16H2,1-6H3,(H,32,33)/t24-,25-/m0/s1. The third kappa shape index (κ3) is 5.50. The van der Waals surface area contributed by atoms with Crippen molar-refractivity contribution in [2.45, 2.75) is 52.1 Å². The van der Waals surface area contributed by atoms with E-state index < -0.39 is 30.1 Å². The van der Waals surface area contributed by atoms with E-state index in [0.717, 1.165) is 22.3 Å². The number of hydrogen-bond donors (Lipinski definition) is 1. The van der Waals surface area contributed by atoms with Crippen molar-refractivity contribution in [1.82, 2.24) is 9.80 Å². The molecule has 0 unspecified atom stereocenters. The van der Waals surface area contributed by atoms with Gasteiger partial charge in [-0.2, -0.15) is 0 Å². The number of nitrogens with zero attached hydrogens (tertiary/aromatic N) is 2. The maximum atomic E-state index is 13.4. The van der Waals surface area contributed by atoms with Gasteiger partial charge in [0.15, 0.2) is 0 Å². The number of rotatable bonds is 9. The number of hydrogen-bond acceptors (Lipinski definition) is 4. The number of carboxylic acid groups (broad SMARTS) is 1. The van der Waals surface area contributed by atoms with Crippen molar-refractivity contribution in [2.24, 2.45) is 11.8 Å². The Kier molecular flexibility index (Phi) is 8.20. The number of ether oxygens (including phenoxy) is 1. The van der Waals surface area contributed by atoms with E-state index in [1.54, 1.807) is 20.9 Å². The van der Waals surface area contributed by atoms with Crippen molar-refractivity contribution in [3.63, 3.8) is 0 Å². The van der Waals surface area contributed by atoms with E-state index in [1.165, 1.54) is 16.8 Å². The van der Waals surface area contributed by atoms with Crippen LogP contribution in [0.5, 0.6) is 0 Å². The van der Waals surface area contributed by atoms with Crippen molar-refractivity contribution in [2.75, 3.05) is 20.7 Å². The van der Waals surface area contributed by atoms with E-state index in [4.69, 9.17) is 4.74 Å². The lowest BCUT2D eigenvalue weighted by Gasteiger charge is -2.35. The first-order valence-corrected chi connectivity index (χ1v) is 12.1. The minimum Gasteiger partial charge on any atom is -0.480 e. The van der Waals surface area contributed by atoms with Crippen LogP contribution in [-0.4, -0.2) is 65.7 Å². The van der Waals surface area contributed by atoms with Crippen LogP contribution in [0.25, 0.3) is 11.1 Å². The smallest absolute Gasteiger partial charge is 0.410 e. The van der Waals surface area contributed by atoms with Crippen LogP contribution >= 0.6 is 0 Å². The predicted octanol–water partition coefficient (Wildman–Crippen LogP) is 4.85. The first-order chi connectivity index (χ1) is 16.5. The zero-order chi connectivity index (χ0) is 25.9. The van der Waals surface area contributed by atoms with Crippen molar-refractivity contribution >= 4 is 18.0 Å². The zero-order valence-electron chi connectivity index (χ0n) is 21.4. The van der Waals surface area contributed by atoms with Crippen LogP contribution < -0.4 is 0 Å². The highest BCUT2D eigenvalue weighted by Gasteiger charge is 2.37. The monoisotopic (exact) mass is 480 g/mol. The van der Waals surface area contributed by atoms with Gasteiger partial charge in [-0.15, -0.1) is 0 Å². The molecule has 2 amide bonds.